The Morgan fingerprint density at radius 1 is 1.13 bits per heavy atom. The fraction of sp³-hybridized carbons (Fsp3) is 0.286. The SMILES string of the molecule is Cc1ccc(NC(=O)CSc2nnc(CN(c3ccccc3)S(C)(=O)=O)n2C)c(C)c1. The molecule has 31 heavy (non-hydrogen) atoms. The highest BCUT2D eigenvalue weighted by atomic mass is 32.2. The van der Waals surface area contributed by atoms with Crippen molar-refractivity contribution in [1.82, 2.24) is 14.8 Å². The van der Waals surface area contributed by atoms with E-state index in [0.29, 0.717) is 16.7 Å². The molecule has 0 saturated carbocycles. The number of hydrogen-bond acceptors (Lipinski definition) is 6. The molecule has 0 radical (unpaired) electrons. The first kappa shape index (κ1) is 22.8. The van der Waals surface area contributed by atoms with Crippen molar-refractivity contribution in [3.8, 4) is 0 Å². The maximum absolute atomic E-state index is 12.4. The standard InChI is InChI=1S/C21H25N5O3S2/c1-15-10-11-18(16(2)12-15)22-20(27)14-30-21-24-23-19(25(21)3)13-26(31(4,28)29)17-8-6-5-7-9-17/h5-12H,13-14H2,1-4H3,(H,22,27). The van der Waals surface area contributed by atoms with Crippen molar-refractivity contribution in [2.24, 2.45) is 7.05 Å². The largest absolute Gasteiger partial charge is 0.325 e. The van der Waals surface area contributed by atoms with Crippen LogP contribution in [0.3, 0.4) is 0 Å². The van der Waals surface area contributed by atoms with Gasteiger partial charge in [-0.15, -0.1) is 10.2 Å². The number of hydrogen-bond donors (Lipinski definition) is 1. The summed E-state index contributed by atoms with van der Waals surface area (Å²) in [4.78, 5) is 12.4. The molecule has 2 aromatic carbocycles. The molecular weight excluding hydrogens is 434 g/mol. The highest BCUT2D eigenvalue weighted by Crippen LogP contribution is 2.22. The van der Waals surface area contributed by atoms with E-state index in [1.165, 1.54) is 16.1 Å². The van der Waals surface area contributed by atoms with Crippen molar-refractivity contribution in [3.63, 3.8) is 0 Å². The van der Waals surface area contributed by atoms with E-state index < -0.39 is 10.0 Å². The summed E-state index contributed by atoms with van der Waals surface area (Å²) >= 11 is 1.24. The van der Waals surface area contributed by atoms with Gasteiger partial charge < -0.3 is 9.88 Å². The van der Waals surface area contributed by atoms with Gasteiger partial charge in [-0.05, 0) is 37.6 Å². The summed E-state index contributed by atoms with van der Waals surface area (Å²) in [6, 6.07) is 14.7. The van der Waals surface area contributed by atoms with Gasteiger partial charge in [0.25, 0.3) is 0 Å². The average Bonchev–Trinajstić information content (AvgIpc) is 3.06. The third-order valence-corrected chi connectivity index (χ3v) is 6.80. The van der Waals surface area contributed by atoms with Gasteiger partial charge in [-0.1, -0.05) is 47.7 Å². The molecule has 164 valence electrons. The van der Waals surface area contributed by atoms with Crippen LogP contribution < -0.4 is 9.62 Å². The smallest absolute Gasteiger partial charge is 0.234 e. The molecule has 0 saturated heterocycles. The van der Waals surface area contributed by atoms with Crippen LogP contribution in [0.15, 0.2) is 53.7 Å². The monoisotopic (exact) mass is 459 g/mol. The number of thioether (sulfide) groups is 1. The lowest BCUT2D eigenvalue weighted by Crippen LogP contribution is -2.30. The van der Waals surface area contributed by atoms with Gasteiger partial charge in [0.15, 0.2) is 11.0 Å². The Balaban J connectivity index is 1.67. The van der Waals surface area contributed by atoms with Gasteiger partial charge >= 0.3 is 0 Å². The second-order valence-corrected chi connectivity index (χ2v) is 10.1. The number of amides is 1. The number of anilines is 2. The van der Waals surface area contributed by atoms with Gasteiger partial charge in [0.05, 0.1) is 24.2 Å². The van der Waals surface area contributed by atoms with E-state index in [1.54, 1.807) is 35.9 Å². The molecule has 1 aromatic heterocycles. The highest BCUT2D eigenvalue weighted by molar-refractivity contribution is 7.99. The summed E-state index contributed by atoms with van der Waals surface area (Å²) in [5, 5.41) is 11.7. The first-order valence-corrected chi connectivity index (χ1v) is 12.4. The van der Waals surface area contributed by atoms with E-state index in [4.69, 9.17) is 0 Å². The molecule has 8 nitrogen and oxygen atoms in total. The quantitative estimate of drug-likeness (QED) is 0.520. The Labute approximate surface area is 186 Å². The minimum atomic E-state index is -3.51. The van der Waals surface area contributed by atoms with Crippen molar-refractivity contribution in [2.45, 2.75) is 25.5 Å². The van der Waals surface area contributed by atoms with E-state index in [1.807, 2.05) is 38.1 Å². The van der Waals surface area contributed by atoms with Crippen LogP contribution in [-0.4, -0.2) is 41.1 Å². The Morgan fingerprint density at radius 3 is 2.48 bits per heavy atom. The minimum absolute atomic E-state index is 0.0433. The lowest BCUT2D eigenvalue weighted by Gasteiger charge is -2.21. The molecular formula is C21H25N5O3S2. The molecule has 1 heterocycles. The number of aryl methyl sites for hydroxylation is 2. The number of carbonyl (C=O) groups is 1. The molecule has 1 N–H and O–H groups in total. The summed E-state index contributed by atoms with van der Waals surface area (Å²) in [5.41, 5.74) is 3.47. The van der Waals surface area contributed by atoms with Crippen molar-refractivity contribution < 1.29 is 13.2 Å². The van der Waals surface area contributed by atoms with Crippen molar-refractivity contribution in [1.29, 1.82) is 0 Å². The lowest BCUT2D eigenvalue weighted by molar-refractivity contribution is -0.113. The first-order chi connectivity index (χ1) is 14.6. The van der Waals surface area contributed by atoms with Crippen LogP contribution in [-0.2, 0) is 28.4 Å². The molecule has 1 amide bonds. The minimum Gasteiger partial charge on any atom is -0.325 e. The number of nitrogens with one attached hydrogen (secondary N) is 1. The molecule has 0 aliphatic rings. The number of sulfonamides is 1. The van der Waals surface area contributed by atoms with Crippen LogP contribution in [0, 0.1) is 13.8 Å². The van der Waals surface area contributed by atoms with E-state index >= 15 is 0 Å². The van der Waals surface area contributed by atoms with Crippen LogP contribution in [0.2, 0.25) is 0 Å². The lowest BCUT2D eigenvalue weighted by atomic mass is 10.1. The van der Waals surface area contributed by atoms with Gasteiger partial charge in [-0.3, -0.25) is 9.10 Å². The van der Waals surface area contributed by atoms with Crippen LogP contribution in [0.5, 0.6) is 0 Å². The third kappa shape index (κ3) is 5.86. The van der Waals surface area contributed by atoms with Gasteiger partial charge in [0, 0.05) is 12.7 Å². The number of para-hydroxylation sites is 1. The zero-order valence-corrected chi connectivity index (χ0v) is 19.5. The van der Waals surface area contributed by atoms with Gasteiger partial charge in [0.2, 0.25) is 15.9 Å². The maximum Gasteiger partial charge on any atom is 0.234 e. The zero-order valence-electron chi connectivity index (χ0n) is 17.9. The number of nitrogens with zero attached hydrogens (tertiary/aromatic N) is 4. The Bertz CT molecular complexity index is 1180. The molecule has 3 rings (SSSR count). The molecule has 3 aromatic rings. The van der Waals surface area contributed by atoms with Gasteiger partial charge in [-0.2, -0.15) is 0 Å². The molecule has 0 unspecified atom stereocenters. The Kier molecular flexibility index (Phi) is 7.01. The number of aromatic nitrogens is 3. The topological polar surface area (TPSA) is 97.2 Å². The maximum atomic E-state index is 12.4. The summed E-state index contributed by atoms with van der Waals surface area (Å²) in [5.74, 6) is 0.489. The fourth-order valence-electron chi connectivity index (χ4n) is 3.00. The molecule has 0 atom stereocenters. The predicted octanol–water partition coefficient (Wildman–Crippen LogP) is 3.13. The normalized spacial score (nSPS) is 11.4. The molecule has 0 aliphatic heterocycles. The molecule has 0 bridgehead atoms. The summed E-state index contributed by atoms with van der Waals surface area (Å²) in [7, 11) is -1.75. The van der Waals surface area contributed by atoms with E-state index in [0.717, 1.165) is 23.1 Å². The average molecular weight is 460 g/mol. The first-order valence-electron chi connectivity index (χ1n) is 9.56. The summed E-state index contributed by atoms with van der Waals surface area (Å²) in [6.07, 6.45) is 1.16. The third-order valence-electron chi connectivity index (χ3n) is 4.64. The van der Waals surface area contributed by atoms with Gasteiger partial charge in [-0.25, -0.2) is 8.42 Å². The van der Waals surface area contributed by atoms with Crippen molar-refractivity contribution >= 4 is 39.1 Å². The van der Waals surface area contributed by atoms with E-state index in [2.05, 4.69) is 15.5 Å². The second-order valence-electron chi connectivity index (χ2n) is 7.22. The summed E-state index contributed by atoms with van der Waals surface area (Å²) in [6.45, 7) is 4.00. The van der Waals surface area contributed by atoms with Gasteiger partial charge in [0.1, 0.15) is 0 Å². The van der Waals surface area contributed by atoms with Crippen molar-refractivity contribution in [2.75, 3.05) is 21.6 Å². The predicted molar refractivity (Wildman–Crippen MR) is 124 cm³/mol. The van der Waals surface area contributed by atoms with Crippen LogP contribution in [0.25, 0.3) is 0 Å². The fourth-order valence-corrected chi connectivity index (χ4v) is 4.59. The highest BCUT2D eigenvalue weighted by Gasteiger charge is 2.21. The van der Waals surface area contributed by atoms with Crippen molar-refractivity contribution in [3.05, 3.63) is 65.5 Å². The van der Waals surface area contributed by atoms with E-state index in [-0.39, 0.29) is 18.2 Å². The van der Waals surface area contributed by atoms with Crippen LogP contribution >= 0.6 is 11.8 Å². The molecule has 0 aliphatic carbocycles. The van der Waals surface area contributed by atoms with E-state index in [9.17, 15) is 13.2 Å². The molecule has 0 spiro atoms. The summed E-state index contributed by atoms with van der Waals surface area (Å²) < 4.78 is 27.6. The van der Waals surface area contributed by atoms with Crippen LogP contribution in [0.4, 0.5) is 11.4 Å². The molecule has 10 heteroatoms. The molecule has 0 fully saturated rings. The number of benzene rings is 2. The Hall–Kier alpha value is -2.85. The zero-order chi connectivity index (χ0) is 22.6. The number of rotatable bonds is 8. The van der Waals surface area contributed by atoms with Crippen LogP contribution in [0.1, 0.15) is 17.0 Å². The second kappa shape index (κ2) is 9.52. The Morgan fingerprint density at radius 2 is 1.84 bits per heavy atom. The number of carbonyl (C=O) groups excluding carboxylic acids is 1.